The van der Waals surface area contributed by atoms with Crippen LogP contribution in [-0.4, -0.2) is 47.4 Å². The molecule has 0 aliphatic carbocycles. The lowest BCUT2D eigenvalue weighted by molar-refractivity contribution is -0.143. The fraction of sp³-hybridized carbons (Fsp3) is 0.913. The lowest BCUT2D eigenvalue weighted by Crippen LogP contribution is -2.45. The Kier molecular flexibility index (Phi) is 63.4. The van der Waals surface area contributed by atoms with E-state index in [0.717, 1.165) is 51.4 Å². The summed E-state index contributed by atoms with van der Waals surface area (Å²) in [5, 5.41) is 23.2. The van der Waals surface area contributed by atoms with Gasteiger partial charge < -0.3 is 20.3 Å². The number of esters is 1. The highest BCUT2D eigenvalue weighted by Gasteiger charge is 2.20. The molecule has 6 nitrogen and oxygen atoms in total. The number of hydrogen-bond donors (Lipinski definition) is 3. The number of aliphatic hydroxyl groups is 2. The van der Waals surface area contributed by atoms with E-state index in [-0.39, 0.29) is 18.5 Å². The molecule has 0 saturated carbocycles. The maximum absolute atomic E-state index is 12.4. The molecule has 3 N–H and O–H groups in total. The van der Waals surface area contributed by atoms with Gasteiger partial charge in [-0.25, -0.2) is 0 Å². The van der Waals surface area contributed by atoms with E-state index in [9.17, 15) is 19.8 Å². The molecule has 444 valence electrons. The molecule has 0 fully saturated rings. The Morgan fingerprint density at radius 3 is 1.07 bits per heavy atom. The van der Waals surface area contributed by atoms with E-state index in [0.29, 0.717) is 25.9 Å². The van der Waals surface area contributed by atoms with Crippen LogP contribution in [0.4, 0.5) is 0 Å². The van der Waals surface area contributed by atoms with Gasteiger partial charge in [0.05, 0.1) is 25.4 Å². The number of amides is 1. The molecule has 0 aromatic carbocycles. The highest BCUT2D eigenvalue weighted by molar-refractivity contribution is 5.76. The first-order chi connectivity index (χ1) is 37.0. The van der Waals surface area contributed by atoms with Gasteiger partial charge in [0, 0.05) is 12.8 Å². The van der Waals surface area contributed by atoms with Crippen molar-refractivity contribution < 1.29 is 24.5 Å². The zero-order valence-corrected chi connectivity index (χ0v) is 50.8. The van der Waals surface area contributed by atoms with E-state index in [1.807, 2.05) is 0 Å². The van der Waals surface area contributed by atoms with Crippen LogP contribution in [0.15, 0.2) is 24.3 Å². The molecule has 0 aromatic heterocycles. The van der Waals surface area contributed by atoms with Gasteiger partial charge in [0.25, 0.3) is 0 Å². The number of aliphatic hydroxyl groups excluding tert-OH is 2. The maximum Gasteiger partial charge on any atom is 0.305 e. The number of nitrogens with one attached hydrogen (secondary N) is 1. The van der Waals surface area contributed by atoms with Crippen molar-refractivity contribution in [3.05, 3.63) is 24.3 Å². The van der Waals surface area contributed by atoms with Crippen LogP contribution in [0.5, 0.6) is 0 Å². The van der Waals surface area contributed by atoms with Crippen molar-refractivity contribution in [3.8, 4) is 0 Å². The van der Waals surface area contributed by atoms with E-state index in [4.69, 9.17) is 4.74 Å². The number of rotatable bonds is 64. The van der Waals surface area contributed by atoms with Crippen molar-refractivity contribution in [2.75, 3.05) is 13.2 Å². The molecule has 2 atom stereocenters. The van der Waals surface area contributed by atoms with E-state index >= 15 is 0 Å². The standard InChI is InChI=1S/C69H133NO5/c1-3-5-7-9-11-13-15-39-43-47-51-55-59-63-69(74)75-64-60-56-52-48-44-41-38-36-34-32-30-28-26-24-22-20-18-16-17-19-21-23-25-27-29-31-33-35-37-40-42-46-50-54-58-62-68(73)70-66(65-71)67(72)61-57-53-49-45-14-12-10-8-6-4-2/h7,9,13,15,66-67,71-72H,3-6,8,10-12,14,16-65H2,1-2H3,(H,70,73)/b9-7-,15-13-. The van der Waals surface area contributed by atoms with Crippen molar-refractivity contribution >= 4 is 11.9 Å². The molecule has 2 unspecified atom stereocenters. The second-order valence-electron chi connectivity index (χ2n) is 23.5. The Morgan fingerprint density at radius 1 is 0.373 bits per heavy atom. The van der Waals surface area contributed by atoms with E-state index in [1.165, 1.54) is 295 Å². The van der Waals surface area contributed by atoms with Gasteiger partial charge in [-0.05, 0) is 51.4 Å². The van der Waals surface area contributed by atoms with Gasteiger partial charge in [-0.15, -0.1) is 0 Å². The van der Waals surface area contributed by atoms with E-state index < -0.39 is 12.1 Å². The zero-order valence-electron chi connectivity index (χ0n) is 50.8. The summed E-state index contributed by atoms with van der Waals surface area (Å²) in [5.41, 5.74) is 0. The highest BCUT2D eigenvalue weighted by atomic mass is 16.5. The van der Waals surface area contributed by atoms with E-state index in [2.05, 4.69) is 43.5 Å². The molecule has 0 aromatic rings. The van der Waals surface area contributed by atoms with Crippen molar-refractivity contribution in [1.29, 1.82) is 0 Å². The van der Waals surface area contributed by atoms with Crippen LogP contribution in [0.25, 0.3) is 0 Å². The fourth-order valence-corrected chi connectivity index (χ4v) is 10.8. The number of unbranched alkanes of at least 4 members (excludes halogenated alkanes) is 49. The van der Waals surface area contributed by atoms with Crippen molar-refractivity contribution in [1.82, 2.24) is 5.32 Å². The maximum atomic E-state index is 12.4. The summed E-state index contributed by atoms with van der Waals surface area (Å²) in [6.45, 7) is 4.89. The van der Waals surface area contributed by atoms with Crippen molar-refractivity contribution in [3.63, 3.8) is 0 Å². The Hall–Kier alpha value is -1.66. The normalized spacial score (nSPS) is 12.6. The minimum absolute atomic E-state index is 0.00741. The van der Waals surface area contributed by atoms with Gasteiger partial charge in [-0.3, -0.25) is 9.59 Å². The lowest BCUT2D eigenvalue weighted by atomic mass is 10.0. The summed E-state index contributed by atoms with van der Waals surface area (Å²) in [5.74, 6) is -0.0222. The first-order valence-electron chi connectivity index (χ1n) is 34.1. The summed E-state index contributed by atoms with van der Waals surface area (Å²) >= 11 is 0. The van der Waals surface area contributed by atoms with Gasteiger partial charge >= 0.3 is 5.97 Å². The van der Waals surface area contributed by atoms with Crippen LogP contribution in [0.1, 0.15) is 380 Å². The van der Waals surface area contributed by atoms with Crippen molar-refractivity contribution in [2.45, 2.75) is 392 Å². The first-order valence-corrected chi connectivity index (χ1v) is 34.1. The first kappa shape index (κ1) is 73.3. The van der Waals surface area contributed by atoms with Crippen molar-refractivity contribution in [2.24, 2.45) is 0 Å². The van der Waals surface area contributed by atoms with Gasteiger partial charge in [0.2, 0.25) is 5.91 Å². The third-order valence-corrected chi connectivity index (χ3v) is 16.0. The fourth-order valence-electron chi connectivity index (χ4n) is 10.8. The quantitative estimate of drug-likeness (QED) is 0.0320. The minimum atomic E-state index is -0.658. The molecule has 0 heterocycles. The molecule has 0 rings (SSSR count). The monoisotopic (exact) mass is 1060 g/mol. The van der Waals surface area contributed by atoms with Crippen LogP contribution >= 0.6 is 0 Å². The Balaban J connectivity index is 3.28. The highest BCUT2D eigenvalue weighted by Crippen LogP contribution is 2.19. The summed E-state index contributed by atoms with van der Waals surface area (Å²) in [6, 6.07) is -0.535. The van der Waals surface area contributed by atoms with Crippen LogP contribution in [-0.2, 0) is 14.3 Å². The van der Waals surface area contributed by atoms with Crippen LogP contribution in [0.3, 0.4) is 0 Å². The summed E-state index contributed by atoms with van der Waals surface area (Å²) in [6.07, 6.45) is 81.0. The molecule has 0 aliphatic rings. The van der Waals surface area contributed by atoms with Crippen LogP contribution in [0, 0.1) is 0 Å². The Bertz CT molecular complexity index is 1170. The second kappa shape index (κ2) is 64.9. The SMILES string of the molecule is CCC/C=C\C/C=C\CCCCCCCC(=O)OCCCCCCCCCCCCCCCCCCCCCCCCCCCCCCCCCCCCCC(=O)NC(CO)C(O)CCCCCCCCCCCC. The third kappa shape index (κ3) is 61.4. The number of ether oxygens (including phenoxy) is 1. The lowest BCUT2D eigenvalue weighted by Gasteiger charge is -2.22. The predicted molar refractivity (Wildman–Crippen MR) is 329 cm³/mol. The average molecular weight is 1060 g/mol. The molecule has 0 radical (unpaired) electrons. The summed E-state index contributed by atoms with van der Waals surface area (Å²) in [4.78, 5) is 24.5. The molecule has 6 heteroatoms. The molecular formula is C69H133NO5. The van der Waals surface area contributed by atoms with Crippen LogP contribution in [0.2, 0.25) is 0 Å². The second-order valence-corrected chi connectivity index (χ2v) is 23.5. The number of allylic oxidation sites excluding steroid dienone is 4. The Labute approximate surface area is 469 Å². The van der Waals surface area contributed by atoms with Gasteiger partial charge in [-0.1, -0.05) is 340 Å². The van der Waals surface area contributed by atoms with Crippen LogP contribution < -0.4 is 5.32 Å². The van der Waals surface area contributed by atoms with Gasteiger partial charge in [0.1, 0.15) is 0 Å². The molecule has 0 aliphatic heterocycles. The Morgan fingerprint density at radius 2 is 0.693 bits per heavy atom. The number of hydrogen-bond acceptors (Lipinski definition) is 5. The smallest absolute Gasteiger partial charge is 0.305 e. The predicted octanol–water partition coefficient (Wildman–Crippen LogP) is 21.8. The topological polar surface area (TPSA) is 95.9 Å². The molecule has 0 bridgehead atoms. The molecule has 0 saturated heterocycles. The number of carbonyl (C=O) groups excluding carboxylic acids is 2. The molecule has 75 heavy (non-hydrogen) atoms. The van der Waals surface area contributed by atoms with Gasteiger partial charge in [-0.2, -0.15) is 0 Å². The molecule has 0 spiro atoms. The third-order valence-electron chi connectivity index (χ3n) is 16.0. The zero-order chi connectivity index (χ0) is 54.3. The van der Waals surface area contributed by atoms with Gasteiger partial charge in [0.15, 0.2) is 0 Å². The minimum Gasteiger partial charge on any atom is -0.466 e. The largest absolute Gasteiger partial charge is 0.466 e. The molecular weight excluding hydrogens is 923 g/mol. The summed E-state index contributed by atoms with van der Waals surface area (Å²) in [7, 11) is 0. The molecule has 1 amide bonds. The summed E-state index contributed by atoms with van der Waals surface area (Å²) < 4.78 is 5.48. The average Bonchev–Trinajstić information content (AvgIpc) is 3.41. The number of carbonyl (C=O) groups is 2. The van der Waals surface area contributed by atoms with E-state index in [1.54, 1.807) is 0 Å².